The molecule has 0 aliphatic carbocycles. The van der Waals surface area contributed by atoms with E-state index in [-0.39, 0.29) is 17.9 Å². The number of halogens is 1. The molecule has 0 fully saturated rings. The second-order valence-electron chi connectivity index (χ2n) is 5.26. The van der Waals surface area contributed by atoms with Gasteiger partial charge in [0.05, 0.1) is 17.7 Å². The Balaban J connectivity index is 0.00000289. The van der Waals surface area contributed by atoms with Gasteiger partial charge in [-0.1, -0.05) is 18.2 Å². The highest BCUT2D eigenvalue weighted by molar-refractivity contribution is 5.85. The van der Waals surface area contributed by atoms with Gasteiger partial charge in [0.25, 0.3) is 0 Å². The summed E-state index contributed by atoms with van der Waals surface area (Å²) in [7, 11) is 0. The molecule has 0 amide bonds. The zero-order valence-corrected chi connectivity index (χ0v) is 11.9. The number of hydrogen-bond donors (Lipinski definition) is 2. The molecule has 0 saturated heterocycles. The minimum Gasteiger partial charge on any atom is -0.391 e. The van der Waals surface area contributed by atoms with Crippen LogP contribution in [0.15, 0.2) is 24.3 Å². The number of hydrogen-bond acceptors (Lipinski definition) is 3. The lowest BCUT2D eigenvalue weighted by Crippen LogP contribution is -2.41. The maximum absolute atomic E-state index is 9.91. The Bertz CT molecular complexity index is 407. The average Bonchev–Trinajstić information content (AvgIpc) is 2.26. The topological polar surface area (TPSA) is 56.0 Å². The first-order valence-electron chi connectivity index (χ1n) is 5.83. The highest BCUT2D eigenvalue weighted by atomic mass is 35.5. The van der Waals surface area contributed by atoms with Crippen LogP contribution in [0.25, 0.3) is 0 Å². The lowest BCUT2D eigenvalue weighted by atomic mass is 10.0. The third-order valence-electron chi connectivity index (χ3n) is 2.46. The molecule has 1 unspecified atom stereocenters. The smallest absolute Gasteiger partial charge is 0.0994 e. The van der Waals surface area contributed by atoms with Crippen LogP contribution in [0, 0.1) is 11.3 Å². The zero-order valence-electron chi connectivity index (χ0n) is 11.1. The number of nitriles is 1. The zero-order chi connectivity index (χ0) is 12.9. The SMILES string of the molecule is CC(C)(C)NCC(O)Cc1ccccc1C#N.Cl. The molecule has 4 heteroatoms. The van der Waals surface area contributed by atoms with Crippen molar-refractivity contribution in [2.45, 2.75) is 38.8 Å². The fraction of sp³-hybridized carbons (Fsp3) is 0.500. The van der Waals surface area contributed by atoms with Crippen LogP contribution in [0.2, 0.25) is 0 Å². The number of nitrogens with one attached hydrogen (secondary N) is 1. The third-order valence-corrected chi connectivity index (χ3v) is 2.46. The van der Waals surface area contributed by atoms with E-state index in [0.717, 1.165) is 5.56 Å². The van der Waals surface area contributed by atoms with Gasteiger partial charge in [-0.2, -0.15) is 5.26 Å². The highest BCUT2D eigenvalue weighted by Gasteiger charge is 2.13. The van der Waals surface area contributed by atoms with Crippen LogP contribution >= 0.6 is 12.4 Å². The molecule has 3 nitrogen and oxygen atoms in total. The van der Waals surface area contributed by atoms with Crippen molar-refractivity contribution in [3.63, 3.8) is 0 Å². The maximum Gasteiger partial charge on any atom is 0.0994 e. The summed E-state index contributed by atoms with van der Waals surface area (Å²) in [6.45, 7) is 6.71. The van der Waals surface area contributed by atoms with Crippen LogP contribution in [0.1, 0.15) is 31.9 Å². The van der Waals surface area contributed by atoms with Crippen LogP contribution in [0.3, 0.4) is 0 Å². The van der Waals surface area contributed by atoms with E-state index >= 15 is 0 Å². The molecule has 2 N–H and O–H groups in total. The van der Waals surface area contributed by atoms with Crippen molar-refractivity contribution in [1.29, 1.82) is 5.26 Å². The third kappa shape index (κ3) is 6.02. The van der Waals surface area contributed by atoms with Crippen LogP contribution in [0.4, 0.5) is 0 Å². The van der Waals surface area contributed by atoms with Crippen LogP contribution in [-0.4, -0.2) is 23.3 Å². The van der Waals surface area contributed by atoms with E-state index in [9.17, 15) is 5.11 Å². The van der Waals surface area contributed by atoms with Gasteiger partial charge in [0.15, 0.2) is 0 Å². The van der Waals surface area contributed by atoms with Gasteiger partial charge in [-0.15, -0.1) is 12.4 Å². The summed E-state index contributed by atoms with van der Waals surface area (Å²) in [6, 6.07) is 9.53. The predicted molar refractivity (Wildman–Crippen MR) is 75.9 cm³/mol. The normalized spacial score (nSPS) is 12.4. The van der Waals surface area contributed by atoms with E-state index < -0.39 is 6.10 Å². The first-order chi connectivity index (χ1) is 7.92. The number of nitrogens with zero attached hydrogens (tertiary/aromatic N) is 1. The van der Waals surface area contributed by atoms with Crippen molar-refractivity contribution in [2.24, 2.45) is 0 Å². The van der Waals surface area contributed by atoms with Crippen molar-refractivity contribution >= 4 is 12.4 Å². The van der Waals surface area contributed by atoms with E-state index in [1.807, 2.05) is 18.2 Å². The summed E-state index contributed by atoms with van der Waals surface area (Å²) in [6.07, 6.45) is 0.0380. The fourth-order valence-corrected chi connectivity index (χ4v) is 1.56. The Morgan fingerprint density at radius 3 is 2.50 bits per heavy atom. The van der Waals surface area contributed by atoms with Gasteiger partial charge < -0.3 is 10.4 Å². The molecule has 0 bridgehead atoms. The van der Waals surface area contributed by atoms with Crippen molar-refractivity contribution in [1.82, 2.24) is 5.32 Å². The Hall–Kier alpha value is -1.08. The van der Waals surface area contributed by atoms with E-state index in [4.69, 9.17) is 5.26 Å². The highest BCUT2D eigenvalue weighted by Crippen LogP contribution is 2.10. The number of benzene rings is 1. The van der Waals surface area contributed by atoms with Crippen LogP contribution < -0.4 is 5.32 Å². The number of rotatable bonds is 4. The Labute approximate surface area is 115 Å². The van der Waals surface area contributed by atoms with Gasteiger partial charge in [0.1, 0.15) is 0 Å². The lowest BCUT2D eigenvalue weighted by molar-refractivity contribution is 0.161. The van der Waals surface area contributed by atoms with Crippen LogP contribution in [0.5, 0.6) is 0 Å². The molecular weight excluding hydrogens is 248 g/mol. The summed E-state index contributed by atoms with van der Waals surface area (Å²) in [5.74, 6) is 0. The Kier molecular flexibility index (Phi) is 6.93. The van der Waals surface area contributed by atoms with E-state index in [0.29, 0.717) is 18.5 Å². The Morgan fingerprint density at radius 1 is 1.33 bits per heavy atom. The van der Waals surface area contributed by atoms with E-state index in [1.54, 1.807) is 6.07 Å². The monoisotopic (exact) mass is 268 g/mol. The lowest BCUT2D eigenvalue weighted by Gasteiger charge is -2.23. The van der Waals surface area contributed by atoms with Crippen molar-refractivity contribution < 1.29 is 5.11 Å². The Morgan fingerprint density at radius 2 is 1.94 bits per heavy atom. The molecule has 0 heterocycles. The fourth-order valence-electron chi connectivity index (χ4n) is 1.56. The molecular formula is C14H21ClN2O. The van der Waals surface area contributed by atoms with Gasteiger partial charge in [-0.05, 0) is 32.4 Å². The van der Waals surface area contributed by atoms with Gasteiger partial charge >= 0.3 is 0 Å². The van der Waals surface area contributed by atoms with Gasteiger partial charge in [0, 0.05) is 18.5 Å². The summed E-state index contributed by atoms with van der Waals surface area (Å²) in [5, 5.41) is 22.1. The molecule has 1 atom stereocenters. The molecule has 18 heavy (non-hydrogen) atoms. The van der Waals surface area contributed by atoms with Crippen molar-refractivity contribution in [2.75, 3.05) is 6.54 Å². The molecule has 0 spiro atoms. The van der Waals surface area contributed by atoms with Gasteiger partial charge in [0.2, 0.25) is 0 Å². The molecule has 1 rings (SSSR count). The quantitative estimate of drug-likeness (QED) is 0.881. The number of aliphatic hydroxyl groups is 1. The minimum absolute atomic E-state index is 0. The predicted octanol–water partition coefficient (Wildman–Crippen LogP) is 2.27. The molecule has 0 saturated carbocycles. The first-order valence-corrected chi connectivity index (χ1v) is 5.83. The molecule has 0 aromatic heterocycles. The van der Waals surface area contributed by atoms with Crippen molar-refractivity contribution in [3.8, 4) is 6.07 Å². The maximum atomic E-state index is 9.91. The molecule has 0 aliphatic rings. The number of aliphatic hydroxyl groups excluding tert-OH is 1. The minimum atomic E-state index is -0.469. The van der Waals surface area contributed by atoms with Crippen molar-refractivity contribution in [3.05, 3.63) is 35.4 Å². The van der Waals surface area contributed by atoms with E-state index in [2.05, 4.69) is 32.2 Å². The van der Waals surface area contributed by atoms with Crippen LogP contribution in [-0.2, 0) is 6.42 Å². The second-order valence-corrected chi connectivity index (χ2v) is 5.26. The number of β-amino-alcohol motifs (C(OH)–C–C–N with tert-alkyl or cyclic N) is 1. The molecule has 0 aliphatic heterocycles. The van der Waals surface area contributed by atoms with E-state index in [1.165, 1.54) is 0 Å². The summed E-state index contributed by atoms with van der Waals surface area (Å²) < 4.78 is 0. The van der Waals surface area contributed by atoms with Gasteiger partial charge in [-0.25, -0.2) is 0 Å². The summed E-state index contributed by atoms with van der Waals surface area (Å²) in [4.78, 5) is 0. The largest absolute Gasteiger partial charge is 0.391 e. The summed E-state index contributed by atoms with van der Waals surface area (Å²) in [5.41, 5.74) is 1.54. The second kappa shape index (κ2) is 7.38. The average molecular weight is 269 g/mol. The molecule has 100 valence electrons. The standard InChI is InChI=1S/C14H20N2O.ClH/c1-14(2,3)16-10-13(17)8-11-6-4-5-7-12(11)9-15;/h4-7,13,16-17H,8,10H2,1-3H3;1H. The van der Waals surface area contributed by atoms with Gasteiger partial charge in [-0.3, -0.25) is 0 Å². The first kappa shape index (κ1) is 16.9. The molecule has 1 aromatic rings. The summed E-state index contributed by atoms with van der Waals surface area (Å²) >= 11 is 0. The molecule has 1 aromatic carbocycles. The molecule has 0 radical (unpaired) electrons.